The summed E-state index contributed by atoms with van der Waals surface area (Å²) in [6, 6.07) is 16.8. The van der Waals surface area contributed by atoms with E-state index in [9.17, 15) is 9.59 Å². The van der Waals surface area contributed by atoms with Gasteiger partial charge in [0.1, 0.15) is 18.0 Å². The summed E-state index contributed by atoms with van der Waals surface area (Å²) in [6.45, 7) is 4.15. The minimum absolute atomic E-state index is 0.210. The molecular weight excluding hydrogens is 450 g/mol. The lowest BCUT2D eigenvalue weighted by molar-refractivity contribution is -0.117. The van der Waals surface area contributed by atoms with Gasteiger partial charge in [0.15, 0.2) is 10.6 Å². The largest absolute Gasteiger partial charge is 0.494 e. The molecule has 0 saturated carbocycles. The van der Waals surface area contributed by atoms with E-state index < -0.39 is 0 Å². The monoisotopic (exact) mass is 475 g/mol. The van der Waals surface area contributed by atoms with Crippen molar-refractivity contribution in [1.82, 2.24) is 14.8 Å². The third kappa shape index (κ3) is 4.51. The highest BCUT2D eigenvalue weighted by molar-refractivity contribution is 7.22. The predicted molar refractivity (Wildman–Crippen MR) is 135 cm³/mol. The van der Waals surface area contributed by atoms with Crippen LogP contribution in [0.2, 0.25) is 0 Å². The number of hydrogen-bond donors (Lipinski definition) is 1. The number of anilines is 2. The van der Waals surface area contributed by atoms with E-state index in [0.717, 1.165) is 47.1 Å². The molecule has 1 saturated heterocycles. The van der Waals surface area contributed by atoms with Gasteiger partial charge in [0.05, 0.1) is 11.3 Å². The maximum absolute atomic E-state index is 13.3. The molecule has 1 amide bonds. The summed E-state index contributed by atoms with van der Waals surface area (Å²) >= 11 is 1.49. The van der Waals surface area contributed by atoms with E-state index in [1.807, 2.05) is 37.3 Å². The Morgan fingerprint density at radius 2 is 1.82 bits per heavy atom. The zero-order valence-corrected chi connectivity index (χ0v) is 19.7. The molecule has 1 N–H and O–H groups in total. The molecule has 1 fully saturated rings. The summed E-state index contributed by atoms with van der Waals surface area (Å²) in [5.41, 5.74) is 2.15. The molecule has 0 radical (unpaired) electrons. The van der Waals surface area contributed by atoms with E-state index in [-0.39, 0.29) is 18.0 Å². The van der Waals surface area contributed by atoms with Gasteiger partial charge >= 0.3 is 0 Å². The summed E-state index contributed by atoms with van der Waals surface area (Å²) in [6.07, 6.45) is 2.24. The van der Waals surface area contributed by atoms with Crippen molar-refractivity contribution in [3.63, 3.8) is 0 Å². The van der Waals surface area contributed by atoms with E-state index in [0.29, 0.717) is 23.5 Å². The number of amides is 1. The van der Waals surface area contributed by atoms with Crippen molar-refractivity contribution in [3.8, 4) is 17.0 Å². The Bertz CT molecular complexity index is 1360. The molecule has 2 aromatic heterocycles. The minimum Gasteiger partial charge on any atom is -0.494 e. The van der Waals surface area contributed by atoms with Gasteiger partial charge in [-0.15, -0.1) is 0 Å². The Kier molecular flexibility index (Phi) is 6.27. The molecule has 2 aromatic carbocycles. The van der Waals surface area contributed by atoms with Crippen LogP contribution >= 0.6 is 11.3 Å². The Balaban J connectivity index is 1.48. The number of carbonyl (C=O) groups excluding carboxylic acids is 1. The lowest BCUT2D eigenvalue weighted by Crippen LogP contribution is -2.30. The van der Waals surface area contributed by atoms with Crippen LogP contribution < -0.4 is 20.5 Å². The summed E-state index contributed by atoms with van der Waals surface area (Å²) in [4.78, 5) is 32.9. The summed E-state index contributed by atoms with van der Waals surface area (Å²) in [7, 11) is 0. The molecular formula is C25H25N5O3S. The van der Waals surface area contributed by atoms with E-state index in [4.69, 9.17) is 4.74 Å². The van der Waals surface area contributed by atoms with Crippen LogP contribution in [0.25, 0.3) is 21.5 Å². The second-order valence-corrected chi connectivity index (χ2v) is 9.03. The van der Waals surface area contributed by atoms with Gasteiger partial charge in [-0.3, -0.25) is 9.59 Å². The van der Waals surface area contributed by atoms with Crippen LogP contribution in [0.15, 0.2) is 59.4 Å². The van der Waals surface area contributed by atoms with E-state index >= 15 is 0 Å². The van der Waals surface area contributed by atoms with Gasteiger partial charge in [-0.2, -0.15) is 5.10 Å². The Morgan fingerprint density at radius 1 is 1.09 bits per heavy atom. The number of hydrogen-bond acceptors (Lipinski definition) is 7. The molecule has 3 heterocycles. The maximum Gasteiger partial charge on any atom is 0.294 e. The topological polar surface area (TPSA) is 89.3 Å². The average Bonchev–Trinajstić information content (AvgIpc) is 3.53. The number of thiazole rings is 1. The van der Waals surface area contributed by atoms with Crippen LogP contribution in [0.1, 0.15) is 19.8 Å². The fraction of sp³-hybridized carbons (Fsp3) is 0.280. The standard InChI is InChI=1S/C25H25N5O3S/c1-2-33-19-12-10-18(11-13-19)26-20(31)16-30-24(32)22-23(21(28-30)17-8-4-3-5-9-17)34-25(27-22)29-14-6-7-15-29/h3-5,8-13H,2,6-7,14-16H2,1H3,(H,26,31). The number of aromatic nitrogens is 3. The van der Waals surface area contributed by atoms with Crippen LogP contribution in [0.4, 0.5) is 10.8 Å². The van der Waals surface area contributed by atoms with Crippen molar-refractivity contribution < 1.29 is 9.53 Å². The van der Waals surface area contributed by atoms with Crippen LogP contribution in [-0.4, -0.2) is 40.4 Å². The number of nitrogens with zero attached hydrogens (tertiary/aromatic N) is 4. The molecule has 0 bridgehead atoms. The first-order chi connectivity index (χ1) is 16.6. The molecule has 8 nitrogen and oxygen atoms in total. The maximum atomic E-state index is 13.3. The third-order valence-corrected chi connectivity index (χ3v) is 6.78. The fourth-order valence-electron chi connectivity index (χ4n) is 4.02. The molecule has 5 rings (SSSR count). The summed E-state index contributed by atoms with van der Waals surface area (Å²) < 4.78 is 7.40. The van der Waals surface area contributed by atoms with E-state index in [1.165, 1.54) is 16.0 Å². The van der Waals surface area contributed by atoms with Gasteiger partial charge in [0.2, 0.25) is 5.91 Å². The number of rotatable bonds is 7. The second-order valence-electron chi connectivity index (χ2n) is 8.05. The van der Waals surface area contributed by atoms with E-state index in [2.05, 4.69) is 20.3 Å². The molecule has 0 spiro atoms. The van der Waals surface area contributed by atoms with Crippen molar-refractivity contribution in [3.05, 3.63) is 65.0 Å². The van der Waals surface area contributed by atoms with Crippen molar-refractivity contribution in [2.75, 3.05) is 29.9 Å². The molecule has 1 aliphatic heterocycles. The van der Waals surface area contributed by atoms with Gasteiger partial charge in [-0.1, -0.05) is 41.7 Å². The zero-order chi connectivity index (χ0) is 23.5. The quantitative estimate of drug-likeness (QED) is 0.432. The highest BCUT2D eigenvalue weighted by Crippen LogP contribution is 2.34. The Hall–Kier alpha value is -3.72. The lowest BCUT2D eigenvalue weighted by Gasteiger charge is -2.11. The number of ether oxygens (including phenoxy) is 1. The molecule has 34 heavy (non-hydrogen) atoms. The van der Waals surface area contributed by atoms with Crippen molar-refractivity contribution in [1.29, 1.82) is 0 Å². The van der Waals surface area contributed by atoms with Gasteiger partial charge in [-0.05, 0) is 44.0 Å². The molecule has 0 atom stereocenters. The van der Waals surface area contributed by atoms with Gasteiger partial charge < -0.3 is 15.0 Å². The summed E-state index contributed by atoms with van der Waals surface area (Å²) in [5, 5.41) is 8.26. The smallest absolute Gasteiger partial charge is 0.294 e. The normalized spacial score (nSPS) is 13.4. The minimum atomic E-state index is -0.363. The van der Waals surface area contributed by atoms with Crippen LogP contribution in [0.5, 0.6) is 5.75 Å². The molecule has 9 heteroatoms. The number of fused-ring (bicyclic) bond motifs is 1. The predicted octanol–water partition coefficient (Wildman–Crippen LogP) is 4.16. The number of nitrogens with one attached hydrogen (secondary N) is 1. The van der Waals surface area contributed by atoms with Crippen molar-refractivity contribution in [2.24, 2.45) is 0 Å². The SMILES string of the molecule is CCOc1ccc(NC(=O)Cn2nc(-c3ccccc3)c3sc(N4CCCC4)nc3c2=O)cc1. The first-order valence-corrected chi connectivity index (χ1v) is 12.2. The first-order valence-electron chi connectivity index (χ1n) is 11.4. The van der Waals surface area contributed by atoms with Crippen molar-refractivity contribution >= 4 is 38.3 Å². The molecule has 4 aromatic rings. The fourth-order valence-corrected chi connectivity index (χ4v) is 5.14. The Morgan fingerprint density at radius 3 is 2.53 bits per heavy atom. The average molecular weight is 476 g/mol. The molecule has 0 aliphatic carbocycles. The third-order valence-electron chi connectivity index (χ3n) is 5.65. The van der Waals surface area contributed by atoms with Gasteiger partial charge in [-0.25, -0.2) is 9.67 Å². The van der Waals surface area contributed by atoms with Crippen LogP contribution in [0.3, 0.4) is 0 Å². The van der Waals surface area contributed by atoms with Crippen molar-refractivity contribution in [2.45, 2.75) is 26.3 Å². The highest BCUT2D eigenvalue weighted by Gasteiger charge is 2.22. The zero-order valence-electron chi connectivity index (χ0n) is 18.9. The van der Waals surface area contributed by atoms with Crippen LogP contribution in [0, 0.1) is 0 Å². The number of carbonyl (C=O) groups is 1. The molecule has 1 aliphatic rings. The van der Waals surface area contributed by atoms with Gasteiger partial charge in [0.25, 0.3) is 5.56 Å². The van der Waals surface area contributed by atoms with E-state index in [1.54, 1.807) is 24.3 Å². The highest BCUT2D eigenvalue weighted by atomic mass is 32.1. The second kappa shape index (κ2) is 9.64. The lowest BCUT2D eigenvalue weighted by atomic mass is 10.1. The van der Waals surface area contributed by atoms with Gasteiger partial charge in [0, 0.05) is 24.3 Å². The number of benzene rings is 2. The first kappa shape index (κ1) is 22.1. The molecule has 0 unspecified atom stereocenters. The van der Waals surface area contributed by atoms with Crippen LogP contribution in [-0.2, 0) is 11.3 Å². The Labute approximate surface area is 200 Å². The summed E-state index contributed by atoms with van der Waals surface area (Å²) in [5.74, 6) is 0.390. The molecule has 174 valence electrons.